The van der Waals surface area contributed by atoms with Gasteiger partial charge in [-0.2, -0.15) is 0 Å². The van der Waals surface area contributed by atoms with Gasteiger partial charge < -0.3 is 20.5 Å². The number of methoxy groups -OCH3 is 1. The number of piperidine rings is 1. The number of hydrogen-bond donors (Lipinski definition) is 3. The Kier molecular flexibility index (Phi) is 7.78. The van der Waals surface area contributed by atoms with Gasteiger partial charge in [-0.1, -0.05) is 0 Å². The normalized spacial score (nSPS) is 24.2. The van der Waals surface area contributed by atoms with Crippen LogP contribution in [-0.4, -0.2) is 50.5 Å². The predicted molar refractivity (Wildman–Crippen MR) is 72.9 cm³/mol. The van der Waals surface area contributed by atoms with Gasteiger partial charge in [-0.05, 0) is 26.8 Å². The Balaban J connectivity index is 0.00000289. The number of β-amino-alcohol motifs (C(OH)–C–C–N with tert-alkyl or cyclic N) is 1. The molecule has 0 aliphatic carbocycles. The summed E-state index contributed by atoms with van der Waals surface area (Å²) in [6.45, 7) is 6.15. The highest BCUT2D eigenvalue weighted by atomic mass is 35.5. The zero-order valence-electron chi connectivity index (χ0n) is 11.4. The Bertz CT molecular complexity index is 262. The molecular formula is C12H25ClN2O3. The Morgan fingerprint density at radius 3 is 2.78 bits per heavy atom. The molecule has 108 valence electrons. The molecule has 0 unspecified atom stereocenters. The fraction of sp³-hybridized carbons (Fsp3) is 0.917. The third-order valence-corrected chi connectivity index (χ3v) is 3.23. The molecule has 1 fully saturated rings. The summed E-state index contributed by atoms with van der Waals surface area (Å²) in [6.07, 6.45) is 0.529. The minimum Gasteiger partial charge on any atom is -0.391 e. The lowest BCUT2D eigenvalue weighted by Gasteiger charge is -2.30. The fourth-order valence-corrected chi connectivity index (χ4v) is 2.02. The molecule has 1 saturated heterocycles. The average molecular weight is 281 g/mol. The molecule has 0 aromatic carbocycles. The first-order chi connectivity index (χ1) is 7.97. The summed E-state index contributed by atoms with van der Waals surface area (Å²) < 4.78 is 5.02. The first-order valence-electron chi connectivity index (χ1n) is 6.13. The number of nitrogens with one attached hydrogen (secondary N) is 2. The van der Waals surface area contributed by atoms with E-state index in [9.17, 15) is 9.90 Å². The van der Waals surface area contributed by atoms with Gasteiger partial charge in [-0.3, -0.25) is 4.79 Å². The molecule has 0 radical (unpaired) electrons. The Morgan fingerprint density at radius 1 is 1.56 bits per heavy atom. The molecule has 0 aromatic rings. The second kappa shape index (κ2) is 7.94. The second-order valence-electron chi connectivity index (χ2n) is 5.35. The van der Waals surface area contributed by atoms with E-state index in [-0.39, 0.29) is 30.3 Å². The van der Waals surface area contributed by atoms with Crippen LogP contribution in [0.2, 0.25) is 0 Å². The van der Waals surface area contributed by atoms with Gasteiger partial charge in [0, 0.05) is 26.1 Å². The number of carbonyl (C=O) groups is 1. The van der Waals surface area contributed by atoms with E-state index >= 15 is 0 Å². The van der Waals surface area contributed by atoms with E-state index in [1.54, 1.807) is 7.11 Å². The highest BCUT2D eigenvalue weighted by Crippen LogP contribution is 2.16. The molecule has 1 aliphatic rings. The summed E-state index contributed by atoms with van der Waals surface area (Å²) in [5.41, 5.74) is -0.521. The predicted octanol–water partition coefficient (Wildman–Crippen LogP) is 0.167. The summed E-state index contributed by atoms with van der Waals surface area (Å²) in [6, 6.07) is 0. The molecule has 1 aliphatic heterocycles. The van der Waals surface area contributed by atoms with Crippen molar-refractivity contribution in [3.05, 3.63) is 0 Å². The van der Waals surface area contributed by atoms with Crippen molar-refractivity contribution < 1.29 is 14.6 Å². The molecule has 18 heavy (non-hydrogen) atoms. The zero-order chi connectivity index (χ0) is 12.9. The summed E-state index contributed by atoms with van der Waals surface area (Å²) in [5, 5.41) is 15.8. The van der Waals surface area contributed by atoms with Gasteiger partial charge in [0.25, 0.3) is 0 Å². The lowest BCUT2D eigenvalue weighted by atomic mass is 9.91. The number of aliphatic hydroxyl groups excluding tert-OH is 1. The van der Waals surface area contributed by atoms with E-state index in [4.69, 9.17) is 4.74 Å². The van der Waals surface area contributed by atoms with E-state index in [1.165, 1.54) is 0 Å². The minimum atomic E-state index is -0.521. The van der Waals surface area contributed by atoms with Crippen molar-refractivity contribution in [3.63, 3.8) is 0 Å². The van der Waals surface area contributed by atoms with Crippen molar-refractivity contribution in [3.8, 4) is 0 Å². The molecule has 0 saturated carbocycles. The smallest absolute Gasteiger partial charge is 0.227 e. The third-order valence-electron chi connectivity index (χ3n) is 3.23. The van der Waals surface area contributed by atoms with E-state index < -0.39 is 5.41 Å². The van der Waals surface area contributed by atoms with Gasteiger partial charge in [0.05, 0.1) is 18.1 Å². The van der Waals surface area contributed by atoms with E-state index in [1.807, 2.05) is 13.8 Å². The monoisotopic (exact) mass is 280 g/mol. The van der Waals surface area contributed by atoms with Gasteiger partial charge in [0.1, 0.15) is 0 Å². The Labute approximate surface area is 115 Å². The van der Waals surface area contributed by atoms with Crippen molar-refractivity contribution in [2.45, 2.75) is 26.4 Å². The number of rotatable bonds is 5. The highest BCUT2D eigenvalue weighted by Gasteiger charge is 2.29. The molecule has 0 spiro atoms. The summed E-state index contributed by atoms with van der Waals surface area (Å²) in [4.78, 5) is 11.9. The van der Waals surface area contributed by atoms with Crippen LogP contribution in [0.3, 0.4) is 0 Å². The van der Waals surface area contributed by atoms with Crippen molar-refractivity contribution in [1.29, 1.82) is 0 Å². The molecule has 2 atom stereocenters. The Hall–Kier alpha value is -0.360. The SMILES string of the molecule is COCC(C)(C)C(=O)NC[C@@H]1CCNC[C@H]1O.Cl. The second-order valence-corrected chi connectivity index (χ2v) is 5.35. The molecule has 0 aromatic heterocycles. The van der Waals surface area contributed by atoms with Crippen LogP contribution in [0.1, 0.15) is 20.3 Å². The van der Waals surface area contributed by atoms with E-state index in [0.717, 1.165) is 13.0 Å². The lowest BCUT2D eigenvalue weighted by molar-refractivity contribution is -0.132. The van der Waals surface area contributed by atoms with Crippen LogP contribution < -0.4 is 10.6 Å². The van der Waals surface area contributed by atoms with Crippen molar-refractivity contribution in [1.82, 2.24) is 10.6 Å². The van der Waals surface area contributed by atoms with Gasteiger partial charge in [-0.15, -0.1) is 12.4 Å². The quantitative estimate of drug-likeness (QED) is 0.671. The van der Waals surface area contributed by atoms with Crippen molar-refractivity contribution >= 4 is 18.3 Å². The first kappa shape index (κ1) is 17.6. The molecule has 1 rings (SSSR count). The maximum atomic E-state index is 11.9. The van der Waals surface area contributed by atoms with Crippen LogP contribution in [0.15, 0.2) is 0 Å². The van der Waals surface area contributed by atoms with Crippen molar-refractivity contribution in [2.24, 2.45) is 11.3 Å². The summed E-state index contributed by atoms with van der Waals surface area (Å²) in [5.74, 6) is 0.128. The summed E-state index contributed by atoms with van der Waals surface area (Å²) >= 11 is 0. The molecule has 1 amide bonds. The number of hydrogen-bond acceptors (Lipinski definition) is 4. The molecule has 1 heterocycles. The van der Waals surface area contributed by atoms with E-state index in [2.05, 4.69) is 10.6 Å². The molecule has 5 nitrogen and oxygen atoms in total. The van der Waals surface area contributed by atoms with Gasteiger partial charge >= 0.3 is 0 Å². The van der Waals surface area contributed by atoms with Gasteiger partial charge in [0.15, 0.2) is 0 Å². The lowest BCUT2D eigenvalue weighted by Crippen LogP contribution is -2.48. The van der Waals surface area contributed by atoms with E-state index in [0.29, 0.717) is 19.7 Å². The standard InChI is InChI=1S/C12H24N2O3.ClH/c1-12(2,8-17-3)11(16)14-6-9-4-5-13-7-10(9)15;/h9-10,13,15H,4-8H2,1-3H3,(H,14,16);1H/t9-,10+;/m0./s1. The van der Waals surface area contributed by atoms with Gasteiger partial charge in [-0.25, -0.2) is 0 Å². The number of halogens is 1. The van der Waals surface area contributed by atoms with Crippen LogP contribution in [0.4, 0.5) is 0 Å². The number of carbonyl (C=O) groups excluding carboxylic acids is 1. The maximum Gasteiger partial charge on any atom is 0.227 e. The Morgan fingerprint density at radius 2 is 2.22 bits per heavy atom. The van der Waals surface area contributed by atoms with Crippen LogP contribution in [0.25, 0.3) is 0 Å². The number of ether oxygens (including phenoxy) is 1. The minimum absolute atomic E-state index is 0. The number of aliphatic hydroxyl groups is 1. The molecule has 6 heteroatoms. The molecule has 0 bridgehead atoms. The first-order valence-corrected chi connectivity index (χ1v) is 6.13. The fourth-order valence-electron chi connectivity index (χ4n) is 2.02. The zero-order valence-corrected chi connectivity index (χ0v) is 12.2. The van der Waals surface area contributed by atoms with Crippen molar-refractivity contribution in [2.75, 3.05) is 33.4 Å². The van der Waals surface area contributed by atoms with Crippen LogP contribution in [-0.2, 0) is 9.53 Å². The molecular weight excluding hydrogens is 256 g/mol. The number of amides is 1. The third kappa shape index (κ3) is 5.10. The highest BCUT2D eigenvalue weighted by molar-refractivity contribution is 5.85. The average Bonchev–Trinajstić information content (AvgIpc) is 2.27. The maximum absolute atomic E-state index is 11.9. The van der Waals surface area contributed by atoms with Crippen LogP contribution in [0.5, 0.6) is 0 Å². The largest absolute Gasteiger partial charge is 0.391 e. The van der Waals surface area contributed by atoms with Crippen LogP contribution >= 0.6 is 12.4 Å². The molecule has 3 N–H and O–H groups in total. The van der Waals surface area contributed by atoms with Crippen LogP contribution in [0, 0.1) is 11.3 Å². The topological polar surface area (TPSA) is 70.6 Å². The van der Waals surface area contributed by atoms with Gasteiger partial charge in [0.2, 0.25) is 5.91 Å². The summed E-state index contributed by atoms with van der Waals surface area (Å²) in [7, 11) is 1.59.